The molecule has 140 valence electrons. The zero-order valence-electron chi connectivity index (χ0n) is 15.2. The van der Waals surface area contributed by atoms with Gasteiger partial charge >= 0.3 is 5.97 Å². The Bertz CT molecular complexity index is 931. The van der Waals surface area contributed by atoms with E-state index in [2.05, 4.69) is 10.5 Å². The third-order valence-corrected chi connectivity index (χ3v) is 4.77. The summed E-state index contributed by atoms with van der Waals surface area (Å²) < 4.78 is 10.4. The maximum atomic E-state index is 12.5. The number of carbonyl (C=O) groups excluding carboxylic acids is 2. The van der Waals surface area contributed by atoms with Gasteiger partial charge in [-0.1, -0.05) is 42.4 Å². The molecule has 2 heterocycles. The summed E-state index contributed by atoms with van der Waals surface area (Å²) in [5.41, 5.74) is 2.13. The molecule has 1 amide bonds. The average molecular weight is 384 g/mol. The Hall–Kier alpha value is -2.93. The first-order valence-corrected chi connectivity index (χ1v) is 9.63. The van der Waals surface area contributed by atoms with Crippen molar-refractivity contribution in [2.45, 2.75) is 26.7 Å². The summed E-state index contributed by atoms with van der Waals surface area (Å²) in [6.07, 6.45) is 1.61. The third kappa shape index (κ3) is 4.25. The number of rotatable bonds is 7. The van der Waals surface area contributed by atoms with E-state index in [9.17, 15) is 9.59 Å². The molecule has 0 saturated heterocycles. The fourth-order valence-electron chi connectivity index (χ4n) is 2.64. The van der Waals surface area contributed by atoms with Gasteiger partial charge in [-0.15, -0.1) is 11.3 Å². The molecule has 0 spiro atoms. The minimum atomic E-state index is -0.472. The predicted molar refractivity (Wildman–Crippen MR) is 104 cm³/mol. The Kier molecular flexibility index (Phi) is 6.03. The van der Waals surface area contributed by atoms with E-state index in [1.807, 2.05) is 42.6 Å². The number of thiophene rings is 1. The SMILES string of the molecule is CCCc1cc(C(=O)Nc2scc(-c3ccccc3)c2C(=O)OCC)no1. The molecule has 3 aromatic rings. The maximum absolute atomic E-state index is 12.5. The van der Waals surface area contributed by atoms with E-state index in [-0.39, 0.29) is 12.3 Å². The monoisotopic (exact) mass is 384 g/mol. The fourth-order valence-corrected chi connectivity index (χ4v) is 3.59. The highest BCUT2D eigenvalue weighted by Crippen LogP contribution is 2.36. The first-order valence-electron chi connectivity index (χ1n) is 8.75. The van der Waals surface area contributed by atoms with Crippen molar-refractivity contribution in [3.8, 4) is 11.1 Å². The van der Waals surface area contributed by atoms with E-state index in [0.717, 1.165) is 17.5 Å². The molecule has 0 aliphatic heterocycles. The van der Waals surface area contributed by atoms with Gasteiger partial charge in [-0.3, -0.25) is 4.79 Å². The highest BCUT2D eigenvalue weighted by Gasteiger charge is 2.24. The van der Waals surface area contributed by atoms with Gasteiger partial charge in [-0.05, 0) is 18.9 Å². The summed E-state index contributed by atoms with van der Waals surface area (Å²) in [4.78, 5) is 25.1. The standard InChI is InChI=1S/C20H20N2O4S/c1-3-8-14-11-16(22-26-14)18(23)21-19-17(20(24)25-4-2)15(12-27-19)13-9-6-5-7-10-13/h5-7,9-12H,3-4,8H2,1-2H3,(H,21,23). The van der Waals surface area contributed by atoms with Crippen molar-refractivity contribution in [3.05, 3.63) is 58.8 Å². The first-order chi connectivity index (χ1) is 13.1. The second kappa shape index (κ2) is 8.64. The van der Waals surface area contributed by atoms with Gasteiger partial charge in [-0.2, -0.15) is 0 Å². The van der Waals surface area contributed by atoms with Crippen LogP contribution in [0.1, 0.15) is 46.9 Å². The van der Waals surface area contributed by atoms with Crippen molar-refractivity contribution in [2.75, 3.05) is 11.9 Å². The number of benzene rings is 1. The van der Waals surface area contributed by atoms with Crippen LogP contribution in [0.2, 0.25) is 0 Å². The lowest BCUT2D eigenvalue weighted by atomic mass is 10.0. The zero-order chi connectivity index (χ0) is 19.2. The zero-order valence-corrected chi connectivity index (χ0v) is 16.0. The van der Waals surface area contributed by atoms with Gasteiger partial charge in [0, 0.05) is 23.4 Å². The summed E-state index contributed by atoms with van der Waals surface area (Å²) in [6.45, 7) is 4.01. The van der Waals surface area contributed by atoms with Gasteiger partial charge in [-0.25, -0.2) is 4.79 Å². The van der Waals surface area contributed by atoms with E-state index in [0.29, 0.717) is 22.7 Å². The Morgan fingerprint density at radius 1 is 1.22 bits per heavy atom. The van der Waals surface area contributed by atoms with Crippen LogP contribution >= 0.6 is 11.3 Å². The highest BCUT2D eigenvalue weighted by atomic mass is 32.1. The van der Waals surface area contributed by atoms with Gasteiger partial charge in [0.25, 0.3) is 5.91 Å². The van der Waals surface area contributed by atoms with Crippen LogP contribution in [0.4, 0.5) is 5.00 Å². The first kappa shape index (κ1) is 18.8. The van der Waals surface area contributed by atoms with Gasteiger partial charge in [0.15, 0.2) is 5.69 Å². The predicted octanol–water partition coefficient (Wildman–Crippen LogP) is 4.78. The number of nitrogens with one attached hydrogen (secondary N) is 1. The molecule has 2 aromatic heterocycles. The quantitative estimate of drug-likeness (QED) is 0.593. The van der Waals surface area contributed by atoms with E-state index in [1.165, 1.54) is 11.3 Å². The van der Waals surface area contributed by atoms with E-state index < -0.39 is 11.9 Å². The fraction of sp³-hybridized carbons (Fsp3) is 0.250. The van der Waals surface area contributed by atoms with Crippen molar-refractivity contribution in [1.29, 1.82) is 0 Å². The number of ether oxygens (including phenoxy) is 1. The van der Waals surface area contributed by atoms with E-state index >= 15 is 0 Å². The molecule has 0 unspecified atom stereocenters. The molecule has 0 fully saturated rings. The Morgan fingerprint density at radius 3 is 2.70 bits per heavy atom. The van der Waals surface area contributed by atoms with Crippen molar-refractivity contribution >= 4 is 28.2 Å². The Morgan fingerprint density at radius 2 is 2.00 bits per heavy atom. The third-order valence-electron chi connectivity index (χ3n) is 3.87. The number of carbonyl (C=O) groups is 2. The summed E-state index contributed by atoms with van der Waals surface area (Å²) in [5, 5.41) is 8.84. The topological polar surface area (TPSA) is 81.4 Å². The van der Waals surface area contributed by atoms with Gasteiger partial charge < -0.3 is 14.6 Å². The molecular formula is C20H20N2O4S. The Balaban J connectivity index is 1.91. The molecule has 0 aliphatic rings. The van der Waals surface area contributed by atoms with E-state index in [1.54, 1.807) is 13.0 Å². The number of hydrogen-bond acceptors (Lipinski definition) is 6. The molecule has 0 bridgehead atoms. The number of esters is 1. The normalized spacial score (nSPS) is 10.6. The molecule has 7 heteroatoms. The summed E-state index contributed by atoms with van der Waals surface area (Å²) >= 11 is 1.27. The molecule has 1 aromatic carbocycles. The molecule has 0 radical (unpaired) electrons. The number of aryl methyl sites for hydroxylation is 1. The molecule has 3 rings (SSSR count). The minimum Gasteiger partial charge on any atom is -0.462 e. The highest BCUT2D eigenvalue weighted by molar-refractivity contribution is 7.15. The van der Waals surface area contributed by atoms with Crippen LogP contribution in [-0.4, -0.2) is 23.6 Å². The molecule has 6 nitrogen and oxygen atoms in total. The van der Waals surface area contributed by atoms with Crippen molar-refractivity contribution < 1.29 is 18.8 Å². The van der Waals surface area contributed by atoms with E-state index in [4.69, 9.17) is 9.26 Å². The lowest BCUT2D eigenvalue weighted by Crippen LogP contribution is -2.15. The maximum Gasteiger partial charge on any atom is 0.341 e. The van der Waals surface area contributed by atoms with Crippen LogP contribution in [-0.2, 0) is 11.2 Å². The lowest BCUT2D eigenvalue weighted by Gasteiger charge is -2.08. The van der Waals surface area contributed by atoms with Crippen molar-refractivity contribution in [1.82, 2.24) is 5.16 Å². The van der Waals surface area contributed by atoms with Gasteiger partial charge in [0.1, 0.15) is 16.3 Å². The molecule has 27 heavy (non-hydrogen) atoms. The second-order valence-electron chi connectivity index (χ2n) is 5.82. The van der Waals surface area contributed by atoms with Crippen LogP contribution in [0.25, 0.3) is 11.1 Å². The largest absolute Gasteiger partial charge is 0.462 e. The number of aromatic nitrogens is 1. The summed E-state index contributed by atoms with van der Waals surface area (Å²) in [6, 6.07) is 11.1. The van der Waals surface area contributed by atoms with Crippen LogP contribution in [0.5, 0.6) is 0 Å². The van der Waals surface area contributed by atoms with Crippen LogP contribution < -0.4 is 5.32 Å². The smallest absolute Gasteiger partial charge is 0.341 e. The van der Waals surface area contributed by atoms with Crippen LogP contribution in [0.3, 0.4) is 0 Å². The van der Waals surface area contributed by atoms with Crippen LogP contribution in [0, 0.1) is 0 Å². The van der Waals surface area contributed by atoms with Crippen molar-refractivity contribution in [2.24, 2.45) is 0 Å². The number of hydrogen-bond donors (Lipinski definition) is 1. The molecular weight excluding hydrogens is 364 g/mol. The molecule has 0 saturated carbocycles. The molecule has 0 aliphatic carbocycles. The average Bonchev–Trinajstić information content (AvgIpc) is 3.30. The minimum absolute atomic E-state index is 0.183. The number of anilines is 1. The number of amides is 1. The van der Waals surface area contributed by atoms with Gasteiger partial charge in [0.2, 0.25) is 0 Å². The lowest BCUT2D eigenvalue weighted by molar-refractivity contribution is 0.0529. The summed E-state index contributed by atoms with van der Waals surface area (Å²) in [7, 11) is 0. The van der Waals surface area contributed by atoms with Crippen LogP contribution in [0.15, 0.2) is 46.3 Å². The molecule has 0 atom stereocenters. The molecule has 1 N–H and O–H groups in total. The summed E-state index contributed by atoms with van der Waals surface area (Å²) in [5.74, 6) is -0.239. The number of nitrogens with zero attached hydrogens (tertiary/aromatic N) is 1. The second-order valence-corrected chi connectivity index (χ2v) is 6.70. The Labute approximate surface area is 161 Å². The van der Waals surface area contributed by atoms with Gasteiger partial charge in [0.05, 0.1) is 6.61 Å². The van der Waals surface area contributed by atoms with Crippen molar-refractivity contribution in [3.63, 3.8) is 0 Å².